The zero-order chi connectivity index (χ0) is 12.1. The molecule has 0 spiro atoms. The second kappa shape index (κ2) is 6.44. The summed E-state index contributed by atoms with van der Waals surface area (Å²) in [4.78, 5) is 0. The number of benzene rings is 1. The van der Waals surface area contributed by atoms with Gasteiger partial charge in [-0.15, -0.1) is 0 Å². The third kappa shape index (κ3) is 4.02. The van der Waals surface area contributed by atoms with Gasteiger partial charge in [-0.25, -0.2) is 0 Å². The van der Waals surface area contributed by atoms with E-state index in [0.29, 0.717) is 5.02 Å². The lowest BCUT2D eigenvalue weighted by atomic mass is 9.94. The van der Waals surface area contributed by atoms with E-state index >= 15 is 0 Å². The fourth-order valence-electron chi connectivity index (χ4n) is 2.12. The largest absolute Gasteiger partial charge is 0.312 e. The van der Waals surface area contributed by atoms with Crippen LogP contribution in [0.4, 0.5) is 0 Å². The summed E-state index contributed by atoms with van der Waals surface area (Å²) in [6.07, 6.45) is 8.25. The highest BCUT2D eigenvalue weighted by atomic mass is 35.5. The maximum atomic E-state index is 6.12. The summed E-state index contributed by atoms with van der Waals surface area (Å²) in [5.74, 6) is 0.770. The standard InChI is InChI=1S/C14H17Cl2N/c15-13-7-6-12(14(16)8-13)10-17-9-11-4-2-1-3-5-11/h1-2,6-8,11,17H,3-5,9-10H2. The van der Waals surface area contributed by atoms with Gasteiger partial charge in [-0.05, 0) is 49.4 Å². The Morgan fingerprint density at radius 3 is 2.82 bits per heavy atom. The molecule has 0 radical (unpaired) electrons. The lowest BCUT2D eigenvalue weighted by molar-refractivity contribution is 0.440. The van der Waals surface area contributed by atoms with Crippen molar-refractivity contribution >= 4 is 23.2 Å². The summed E-state index contributed by atoms with van der Waals surface area (Å²) < 4.78 is 0. The van der Waals surface area contributed by atoms with Crippen molar-refractivity contribution in [2.45, 2.75) is 25.8 Å². The van der Waals surface area contributed by atoms with Gasteiger partial charge in [-0.2, -0.15) is 0 Å². The minimum Gasteiger partial charge on any atom is -0.312 e. The number of rotatable bonds is 4. The van der Waals surface area contributed by atoms with Crippen LogP contribution in [0.15, 0.2) is 30.4 Å². The molecule has 1 aliphatic carbocycles. The number of hydrogen-bond acceptors (Lipinski definition) is 1. The molecule has 0 aliphatic heterocycles. The minimum atomic E-state index is 0.691. The first-order valence-electron chi connectivity index (χ1n) is 6.05. The van der Waals surface area contributed by atoms with E-state index in [4.69, 9.17) is 23.2 Å². The van der Waals surface area contributed by atoms with Crippen molar-refractivity contribution in [1.29, 1.82) is 0 Å². The Balaban J connectivity index is 1.79. The first kappa shape index (κ1) is 12.9. The van der Waals surface area contributed by atoms with E-state index in [1.807, 2.05) is 12.1 Å². The zero-order valence-corrected chi connectivity index (χ0v) is 11.3. The van der Waals surface area contributed by atoms with Gasteiger partial charge in [-0.1, -0.05) is 41.4 Å². The molecular formula is C14H17Cl2N. The van der Waals surface area contributed by atoms with Crippen LogP contribution in [0.5, 0.6) is 0 Å². The topological polar surface area (TPSA) is 12.0 Å². The maximum absolute atomic E-state index is 6.12. The fourth-order valence-corrected chi connectivity index (χ4v) is 2.59. The van der Waals surface area contributed by atoms with Gasteiger partial charge in [0.2, 0.25) is 0 Å². The van der Waals surface area contributed by atoms with Crippen molar-refractivity contribution in [3.8, 4) is 0 Å². The lowest BCUT2D eigenvalue weighted by Crippen LogP contribution is -2.23. The molecule has 1 nitrogen and oxygen atoms in total. The molecule has 17 heavy (non-hydrogen) atoms. The minimum absolute atomic E-state index is 0.691. The van der Waals surface area contributed by atoms with E-state index < -0.39 is 0 Å². The van der Waals surface area contributed by atoms with Gasteiger partial charge in [0, 0.05) is 16.6 Å². The van der Waals surface area contributed by atoms with Crippen LogP contribution in [-0.2, 0) is 6.54 Å². The highest BCUT2D eigenvalue weighted by Crippen LogP contribution is 2.21. The van der Waals surface area contributed by atoms with E-state index in [0.717, 1.165) is 29.6 Å². The Kier molecular flexibility index (Phi) is 4.90. The average Bonchev–Trinajstić information content (AvgIpc) is 2.33. The monoisotopic (exact) mass is 269 g/mol. The van der Waals surface area contributed by atoms with Crippen molar-refractivity contribution in [3.05, 3.63) is 46.0 Å². The summed E-state index contributed by atoms with van der Waals surface area (Å²) in [6, 6.07) is 5.66. The van der Waals surface area contributed by atoms with Gasteiger partial charge in [0.25, 0.3) is 0 Å². The molecule has 0 amide bonds. The summed E-state index contributed by atoms with van der Waals surface area (Å²) in [7, 11) is 0. The Hall–Kier alpha value is -0.500. The van der Waals surface area contributed by atoms with Crippen molar-refractivity contribution in [1.82, 2.24) is 5.32 Å². The van der Waals surface area contributed by atoms with E-state index in [9.17, 15) is 0 Å². The molecular weight excluding hydrogens is 253 g/mol. The molecule has 2 rings (SSSR count). The Bertz CT molecular complexity index is 401. The van der Waals surface area contributed by atoms with Gasteiger partial charge in [-0.3, -0.25) is 0 Å². The van der Waals surface area contributed by atoms with Gasteiger partial charge >= 0.3 is 0 Å². The summed E-state index contributed by atoms with van der Waals surface area (Å²) in [5, 5.41) is 4.91. The normalized spacial score (nSPS) is 19.5. The second-order valence-electron chi connectivity index (χ2n) is 4.52. The SMILES string of the molecule is Clc1ccc(CNCC2CC=CCC2)c(Cl)c1. The van der Waals surface area contributed by atoms with E-state index in [-0.39, 0.29) is 0 Å². The molecule has 0 heterocycles. The van der Waals surface area contributed by atoms with Crippen LogP contribution in [0.3, 0.4) is 0 Å². The van der Waals surface area contributed by atoms with Crippen molar-refractivity contribution in [2.24, 2.45) is 5.92 Å². The molecule has 1 aromatic rings. The van der Waals surface area contributed by atoms with E-state index in [1.165, 1.54) is 19.3 Å². The quantitative estimate of drug-likeness (QED) is 0.797. The van der Waals surface area contributed by atoms with Gasteiger partial charge in [0.15, 0.2) is 0 Å². The van der Waals surface area contributed by atoms with Crippen LogP contribution in [0.25, 0.3) is 0 Å². The molecule has 3 heteroatoms. The van der Waals surface area contributed by atoms with Crippen LogP contribution < -0.4 is 5.32 Å². The number of nitrogens with one attached hydrogen (secondary N) is 1. The van der Waals surface area contributed by atoms with Gasteiger partial charge in [0.05, 0.1) is 0 Å². The molecule has 1 aromatic carbocycles. The predicted molar refractivity (Wildman–Crippen MR) is 74.6 cm³/mol. The Morgan fingerprint density at radius 2 is 2.12 bits per heavy atom. The number of halogens is 2. The second-order valence-corrected chi connectivity index (χ2v) is 5.36. The Labute approximate surface area is 113 Å². The van der Waals surface area contributed by atoms with Crippen LogP contribution in [0.1, 0.15) is 24.8 Å². The van der Waals surface area contributed by atoms with Crippen LogP contribution in [0.2, 0.25) is 10.0 Å². The molecule has 1 N–H and O–H groups in total. The molecule has 0 aromatic heterocycles. The van der Waals surface area contributed by atoms with Crippen molar-refractivity contribution < 1.29 is 0 Å². The van der Waals surface area contributed by atoms with Crippen molar-refractivity contribution in [2.75, 3.05) is 6.54 Å². The van der Waals surface area contributed by atoms with Gasteiger partial charge in [0.1, 0.15) is 0 Å². The van der Waals surface area contributed by atoms with Crippen LogP contribution in [-0.4, -0.2) is 6.54 Å². The first-order valence-corrected chi connectivity index (χ1v) is 6.81. The van der Waals surface area contributed by atoms with E-state index in [1.54, 1.807) is 6.07 Å². The van der Waals surface area contributed by atoms with Crippen molar-refractivity contribution in [3.63, 3.8) is 0 Å². The lowest BCUT2D eigenvalue weighted by Gasteiger charge is -2.18. The third-order valence-electron chi connectivity index (χ3n) is 3.14. The summed E-state index contributed by atoms with van der Waals surface area (Å²) >= 11 is 12.0. The van der Waals surface area contributed by atoms with E-state index in [2.05, 4.69) is 17.5 Å². The smallest absolute Gasteiger partial charge is 0.0465 e. The zero-order valence-electron chi connectivity index (χ0n) is 9.76. The summed E-state index contributed by atoms with van der Waals surface area (Å²) in [6.45, 7) is 1.87. The Morgan fingerprint density at radius 1 is 1.24 bits per heavy atom. The highest BCUT2D eigenvalue weighted by molar-refractivity contribution is 6.35. The molecule has 92 valence electrons. The number of allylic oxidation sites excluding steroid dienone is 2. The molecule has 0 bridgehead atoms. The first-order chi connectivity index (χ1) is 8.25. The number of hydrogen-bond donors (Lipinski definition) is 1. The average molecular weight is 270 g/mol. The molecule has 0 fully saturated rings. The molecule has 1 atom stereocenters. The fraction of sp³-hybridized carbons (Fsp3) is 0.429. The molecule has 1 unspecified atom stereocenters. The van der Waals surface area contributed by atoms with Crippen LogP contribution >= 0.6 is 23.2 Å². The third-order valence-corrected chi connectivity index (χ3v) is 3.73. The summed E-state index contributed by atoms with van der Waals surface area (Å²) in [5.41, 5.74) is 1.11. The van der Waals surface area contributed by atoms with Gasteiger partial charge < -0.3 is 5.32 Å². The maximum Gasteiger partial charge on any atom is 0.0465 e. The molecule has 0 saturated heterocycles. The molecule has 1 aliphatic rings. The highest BCUT2D eigenvalue weighted by Gasteiger charge is 2.09. The van der Waals surface area contributed by atoms with Crippen LogP contribution in [0, 0.1) is 5.92 Å². The molecule has 0 saturated carbocycles. The predicted octanol–water partition coefficient (Wildman–Crippen LogP) is 4.44.